The Morgan fingerprint density at radius 3 is 2.22 bits per heavy atom. The number of H-pyrrole nitrogens is 1. The van der Waals surface area contributed by atoms with Gasteiger partial charge in [-0.1, -0.05) is 38.1 Å². The molecule has 0 saturated carbocycles. The summed E-state index contributed by atoms with van der Waals surface area (Å²) in [4.78, 5) is 13.7. The molecule has 0 aliphatic carbocycles. The number of rotatable bonds is 4. The lowest BCUT2D eigenvalue weighted by atomic mass is 10.00. The van der Waals surface area contributed by atoms with Gasteiger partial charge in [-0.2, -0.15) is 0 Å². The molecule has 0 radical (unpaired) electrons. The fourth-order valence-corrected chi connectivity index (χ4v) is 1.91. The number of hydrogen-bond acceptors (Lipinski definition) is 1. The van der Waals surface area contributed by atoms with Crippen LogP contribution in [0.5, 0.6) is 0 Å². The fourth-order valence-electron chi connectivity index (χ4n) is 1.91. The minimum atomic E-state index is -0.0627. The van der Waals surface area contributed by atoms with Gasteiger partial charge in [-0.3, -0.25) is 4.79 Å². The van der Waals surface area contributed by atoms with E-state index in [2.05, 4.69) is 43.1 Å². The van der Waals surface area contributed by atoms with Crippen LogP contribution >= 0.6 is 0 Å². The molecule has 1 aromatic carbocycles. The Morgan fingerprint density at radius 2 is 1.67 bits per heavy atom. The zero-order valence-electron chi connectivity index (χ0n) is 10.9. The summed E-state index contributed by atoms with van der Waals surface area (Å²) in [6.45, 7) is 4.49. The van der Waals surface area contributed by atoms with Crippen LogP contribution in [0, 0.1) is 5.92 Å². The van der Waals surface area contributed by atoms with Gasteiger partial charge in [0.2, 0.25) is 5.56 Å². The van der Waals surface area contributed by atoms with Crippen LogP contribution in [0.3, 0.4) is 0 Å². The van der Waals surface area contributed by atoms with Gasteiger partial charge in [0.25, 0.3) is 0 Å². The molecule has 0 aliphatic rings. The smallest absolute Gasteiger partial charge is 0.247 e. The Kier molecular flexibility index (Phi) is 3.98. The lowest BCUT2D eigenvalue weighted by molar-refractivity contribution is 0.587. The summed E-state index contributed by atoms with van der Waals surface area (Å²) in [5.41, 5.74) is 3.49. The summed E-state index contributed by atoms with van der Waals surface area (Å²) in [6.07, 6.45) is 4.10. The highest BCUT2D eigenvalue weighted by Crippen LogP contribution is 2.19. The van der Waals surface area contributed by atoms with E-state index in [0.29, 0.717) is 0 Å². The van der Waals surface area contributed by atoms with E-state index in [0.717, 1.165) is 23.5 Å². The maximum atomic E-state index is 11.0. The maximum absolute atomic E-state index is 11.0. The third-order valence-corrected chi connectivity index (χ3v) is 3.08. The second kappa shape index (κ2) is 5.67. The average Bonchev–Trinajstić information content (AvgIpc) is 2.38. The van der Waals surface area contributed by atoms with Crippen molar-refractivity contribution in [3.63, 3.8) is 0 Å². The Bertz CT molecular complexity index is 532. The first-order valence-corrected chi connectivity index (χ1v) is 6.43. The number of aromatic amines is 1. The van der Waals surface area contributed by atoms with Crippen LogP contribution in [0.4, 0.5) is 0 Å². The number of benzene rings is 1. The maximum Gasteiger partial charge on any atom is 0.247 e. The largest absolute Gasteiger partial charge is 0.328 e. The Labute approximate surface area is 108 Å². The van der Waals surface area contributed by atoms with Crippen LogP contribution in [0.25, 0.3) is 11.1 Å². The van der Waals surface area contributed by atoms with Crippen LogP contribution < -0.4 is 5.56 Å². The summed E-state index contributed by atoms with van der Waals surface area (Å²) in [5, 5.41) is 0. The minimum Gasteiger partial charge on any atom is -0.328 e. The molecule has 0 unspecified atom stereocenters. The molecular weight excluding hydrogens is 222 g/mol. The van der Waals surface area contributed by atoms with Crippen LogP contribution in [0.2, 0.25) is 0 Å². The Balaban J connectivity index is 2.12. The van der Waals surface area contributed by atoms with Crippen molar-refractivity contribution >= 4 is 0 Å². The van der Waals surface area contributed by atoms with Gasteiger partial charge >= 0.3 is 0 Å². The van der Waals surface area contributed by atoms with Crippen molar-refractivity contribution in [2.24, 2.45) is 5.92 Å². The second-order valence-corrected chi connectivity index (χ2v) is 5.07. The predicted molar refractivity (Wildman–Crippen MR) is 75.7 cm³/mol. The van der Waals surface area contributed by atoms with E-state index >= 15 is 0 Å². The quantitative estimate of drug-likeness (QED) is 0.871. The number of nitrogens with one attached hydrogen (secondary N) is 1. The zero-order chi connectivity index (χ0) is 13.0. The van der Waals surface area contributed by atoms with Crippen molar-refractivity contribution in [3.8, 4) is 11.1 Å². The van der Waals surface area contributed by atoms with Crippen molar-refractivity contribution in [1.29, 1.82) is 0 Å². The molecule has 2 aromatic rings. The van der Waals surface area contributed by atoms with Gasteiger partial charge in [-0.05, 0) is 41.5 Å². The van der Waals surface area contributed by atoms with Crippen molar-refractivity contribution in [2.45, 2.75) is 26.7 Å². The van der Waals surface area contributed by atoms with Gasteiger partial charge in [-0.15, -0.1) is 0 Å². The van der Waals surface area contributed by atoms with Crippen molar-refractivity contribution in [2.75, 3.05) is 0 Å². The summed E-state index contributed by atoms with van der Waals surface area (Å²) in [7, 11) is 0. The SMILES string of the molecule is CC(C)CCc1ccc(-c2ccc(=O)[nH]c2)cc1. The minimum absolute atomic E-state index is 0.0627. The number of hydrogen-bond donors (Lipinski definition) is 1. The lowest BCUT2D eigenvalue weighted by Gasteiger charge is -2.06. The summed E-state index contributed by atoms with van der Waals surface area (Å²) >= 11 is 0. The highest BCUT2D eigenvalue weighted by atomic mass is 16.1. The topological polar surface area (TPSA) is 32.9 Å². The third-order valence-electron chi connectivity index (χ3n) is 3.08. The van der Waals surface area contributed by atoms with E-state index in [4.69, 9.17) is 0 Å². The van der Waals surface area contributed by atoms with Crippen molar-refractivity contribution in [3.05, 3.63) is 58.5 Å². The zero-order valence-corrected chi connectivity index (χ0v) is 10.9. The summed E-state index contributed by atoms with van der Waals surface area (Å²) in [5.74, 6) is 0.740. The second-order valence-electron chi connectivity index (χ2n) is 5.07. The van der Waals surface area contributed by atoms with E-state index in [1.807, 2.05) is 6.07 Å². The van der Waals surface area contributed by atoms with E-state index in [-0.39, 0.29) is 5.56 Å². The summed E-state index contributed by atoms with van der Waals surface area (Å²) < 4.78 is 0. The molecular formula is C16H19NO. The van der Waals surface area contributed by atoms with Gasteiger partial charge in [-0.25, -0.2) is 0 Å². The van der Waals surface area contributed by atoms with Gasteiger partial charge in [0.05, 0.1) is 0 Å². The first-order chi connectivity index (χ1) is 8.65. The predicted octanol–water partition coefficient (Wildman–Crippen LogP) is 3.63. The van der Waals surface area contributed by atoms with Gasteiger partial charge < -0.3 is 4.98 Å². The molecule has 0 aliphatic heterocycles. The lowest BCUT2D eigenvalue weighted by Crippen LogP contribution is -2.01. The van der Waals surface area contributed by atoms with Crippen LogP contribution in [-0.4, -0.2) is 4.98 Å². The molecule has 0 fully saturated rings. The third kappa shape index (κ3) is 3.33. The molecule has 0 saturated heterocycles. The van der Waals surface area contributed by atoms with E-state index in [1.54, 1.807) is 12.3 Å². The normalized spacial score (nSPS) is 10.8. The number of aromatic nitrogens is 1. The van der Waals surface area contributed by atoms with E-state index in [9.17, 15) is 4.79 Å². The molecule has 0 spiro atoms. The van der Waals surface area contributed by atoms with Gasteiger partial charge in [0, 0.05) is 12.3 Å². The first kappa shape index (κ1) is 12.6. The number of pyridine rings is 1. The van der Waals surface area contributed by atoms with Gasteiger partial charge in [0.1, 0.15) is 0 Å². The molecule has 94 valence electrons. The molecule has 2 rings (SSSR count). The van der Waals surface area contributed by atoms with Crippen molar-refractivity contribution < 1.29 is 0 Å². The highest BCUT2D eigenvalue weighted by molar-refractivity contribution is 5.62. The Morgan fingerprint density at radius 1 is 1.00 bits per heavy atom. The molecule has 0 atom stereocenters. The molecule has 1 N–H and O–H groups in total. The summed E-state index contributed by atoms with van der Waals surface area (Å²) in [6, 6.07) is 12.0. The molecule has 1 aromatic heterocycles. The van der Waals surface area contributed by atoms with Gasteiger partial charge in [0.15, 0.2) is 0 Å². The first-order valence-electron chi connectivity index (χ1n) is 6.43. The molecule has 2 heteroatoms. The standard InChI is InChI=1S/C16H19NO/c1-12(2)3-4-13-5-7-14(8-6-13)15-9-10-16(18)17-11-15/h5-12H,3-4H2,1-2H3,(H,17,18). The van der Waals surface area contributed by atoms with Crippen LogP contribution in [-0.2, 0) is 6.42 Å². The monoisotopic (exact) mass is 241 g/mol. The van der Waals surface area contributed by atoms with Crippen molar-refractivity contribution in [1.82, 2.24) is 4.98 Å². The Hall–Kier alpha value is -1.83. The molecule has 18 heavy (non-hydrogen) atoms. The van der Waals surface area contributed by atoms with E-state index in [1.165, 1.54) is 12.0 Å². The highest BCUT2D eigenvalue weighted by Gasteiger charge is 2.00. The molecule has 0 amide bonds. The van der Waals surface area contributed by atoms with Crippen LogP contribution in [0.1, 0.15) is 25.8 Å². The fraction of sp³-hybridized carbons (Fsp3) is 0.312. The van der Waals surface area contributed by atoms with E-state index < -0.39 is 0 Å². The number of aryl methyl sites for hydroxylation is 1. The average molecular weight is 241 g/mol. The van der Waals surface area contributed by atoms with Crippen LogP contribution in [0.15, 0.2) is 47.4 Å². The molecule has 1 heterocycles. The molecule has 2 nitrogen and oxygen atoms in total. The molecule has 0 bridgehead atoms.